The van der Waals surface area contributed by atoms with E-state index in [-0.39, 0.29) is 5.92 Å². The molecule has 1 aliphatic carbocycles. The van der Waals surface area contributed by atoms with Crippen LogP contribution in [0.2, 0.25) is 0 Å². The van der Waals surface area contributed by atoms with Crippen LogP contribution in [-0.2, 0) is 0 Å². The number of alkyl halides is 1. The lowest BCUT2D eigenvalue weighted by Gasteiger charge is -2.06. The van der Waals surface area contributed by atoms with Gasteiger partial charge < -0.3 is 5.73 Å². The van der Waals surface area contributed by atoms with E-state index in [1.807, 2.05) is 0 Å². The maximum atomic E-state index is 12.5. The molecule has 48 valence electrons. The first-order valence-corrected chi connectivity index (χ1v) is 3.18. The van der Waals surface area contributed by atoms with Crippen molar-refractivity contribution in [2.24, 2.45) is 11.7 Å². The summed E-state index contributed by atoms with van der Waals surface area (Å²) in [5.41, 5.74) is 5.28. The van der Waals surface area contributed by atoms with Crippen LogP contribution >= 0.6 is 0 Å². The van der Waals surface area contributed by atoms with Gasteiger partial charge in [-0.25, -0.2) is 4.39 Å². The van der Waals surface area contributed by atoms with E-state index >= 15 is 0 Å². The average Bonchev–Trinajstić information content (AvgIpc) is 2.14. The fourth-order valence-corrected chi connectivity index (χ4v) is 1.26. The van der Waals surface area contributed by atoms with Crippen LogP contribution in [0.25, 0.3) is 0 Å². The second-order valence-electron chi connectivity index (χ2n) is 2.44. The van der Waals surface area contributed by atoms with Gasteiger partial charge in [0.2, 0.25) is 0 Å². The normalized spacial score (nSPS) is 38.2. The topological polar surface area (TPSA) is 26.0 Å². The molecule has 1 rings (SSSR count). The van der Waals surface area contributed by atoms with Crippen LogP contribution in [0.1, 0.15) is 19.3 Å². The molecular weight excluding hydrogens is 105 g/mol. The average molecular weight is 117 g/mol. The molecule has 0 aromatic heterocycles. The van der Waals surface area contributed by atoms with Gasteiger partial charge in [0.1, 0.15) is 6.17 Å². The summed E-state index contributed by atoms with van der Waals surface area (Å²) in [6.07, 6.45) is 2.17. The van der Waals surface area contributed by atoms with Crippen LogP contribution < -0.4 is 5.73 Å². The summed E-state index contributed by atoms with van der Waals surface area (Å²) in [6, 6.07) is 0. The Morgan fingerprint density at radius 2 is 2.25 bits per heavy atom. The van der Waals surface area contributed by atoms with E-state index in [2.05, 4.69) is 0 Å². The summed E-state index contributed by atoms with van der Waals surface area (Å²) in [5, 5.41) is 0. The Balaban J connectivity index is 2.30. The van der Waals surface area contributed by atoms with E-state index in [0.29, 0.717) is 6.54 Å². The van der Waals surface area contributed by atoms with Crippen molar-refractivity contribution in [1.82, 2.24) is 0 Å². The quantitative estimate of drug-likeness (QED) is 0.546. The second kappa shape index (κ2) is 2.44. The summed E-state index contributed by atoms with van der Waals surface area (Å²) in [5.74, 6) is 0.176. The van der Waals surface area contributed by atoms with E-state index < -0.39 is 6.17 Å². The molecule has 0 heterocycles. The number of nitrogens with two attached hydrogens (primary N) is 1. The van der Waals surface area contributed by atoms with Crippen molar-refractivity contribution >= 4 is 0 Å². The highest BCUT2D eigenvalue weighted by molar-refractivity contribution is 4.76. The highest BCUT2D eigenvalue weighted by atomic mass is 19.1. The maximum Gasteiger partial charge on any atom is 0.104 e. The van der Waals surface area contributed by atoms with Gasteiger partial charge >= 0.3 is 0 Å². The zero-order chi connectivity index (χ0) is 5.98. The third kappa shape index (κ3) is 0.996. The molecule has 2 atom stereocenters. The lowest BCUT2D eigenvalue weighted by Crippen LogP contribution is -2.18. The van der Waals surface area contributed by atoms with Gasteiger partial charge in [-0.05, 0) is 19.4 Å². The molecule has 2 heteroatoms. The van der Waals surface area contributed by atoms with Gasteiger partial charge in [-0.15, -0.1) is 0 Å². The standard InChI is InChI=1S/C6H12FN/c7-6-3-1-2-5(6)4-8/h5-6H,1-4,8H2. The second-order valence-corrected chi connectivity index (χ2v) is 2.44. The van der Waals surface area contributed by atoms with Gasteiger partial charge in [-0.2, -0.15) is 0 Å². The van der Waals surface area contributed by atoms with Gasteiger partial charge in [-0.1, -0.05) is 6.42 Å². The van der Waals surface area contributed by atoms with Crippen molar-refractivity contribution in [3.63, 3.8) is 0 Å². The summed E-state index contributed by atoms with van der Waals surface area (Å²) in [6.45, 7) is 0.529. The molecule has 0 aliphatic heterocycles. The molecule has 1 aliphatic rings. The lowest BCUT2D eigenvalue weighted by molar-refractivity contribution is 0.268. The van der Waals surface area contributed by atoms with Gasteiger partial charge in [0, 0.05) is 5.92 Å². The van der Waals surface area contributed by atoms with E-state index in [0.717, 1.165) is 19.3 Å². The molecule has 0 spiro atoms. The molecule has 8 heavy (non-hydrogen) atoms. The van der Waals surface area contributed by atoms with Gasteiger partial charge in [0.05, 0.1) is 0 Å². The molecule has 0 saturated heterocycles. The van der Waals surface area contributed by atoms with Gasteiger partial charge in [-0.3, -0.25) is 0 Å². The Kier molecular flexibility index (Phi) is 1.84. The summed E-state index contributed by atoms with van der Waals surface area (Å²) >= 11 is 0. The molecule has 0 bridgehead atoms. The highest BCUT2D eigenvalue weighted by Gasteiger charge is 2.24. The number of rotatable bonds is 1. The van der Waals surface area contributed by atoms with Crippen LogP contribution in [0, 0.1) is 5.92 Å². The molecule has 0 aromatic rings. The van der Waals surface area contributed by atoms with E-state index in [9.17, 15) is 4.39 Å². The van der Waals surface area contributed by atoms with Crippen molar-refractivity contribution in [1.29, 1.82) is 0 Å². The Bertz CT molecular complexity index is 74.9. The predicted molar refractivity (Wildman–Crippen MR) is 31.3 cm³/mol. The highest BCUT2D eigenvalue weighted by Crippen LogP contribution is 2.26. The molecule has 1 nitrogen and oxygen atoms in total. The molecule has 2 N–H and O–H groups in total. The molecule has 0 radical (unpaired) electrons. The predicted octanol–water partition coefficient (Wildman–Crippen LogP) is 1.08. The first kappa shape index (κ1) is 6.02. The van der Waals surface area contributed by atoms with Gasteiger partial charge in [0.15, 0.2) is 0 Å². The van der Waals surface area contributed by atoms with Crippen LogP contribution in [0.15, 0.2) is 0 Å². The van der Waals surface area contributed by atoms with Crippen molar-refractivity contribution < 1.29 is 4.39 Å². The number of halogens is 1. The zero-order valence-corrected chi connectivity index (χ0v) is 4.94. The van der Waals surface area contributed by atoms with Crippen LogP contribution in [0.5, 0.6) is 0 Å². The summed E-state index contributed by atoms with van der Waals surface area (Å²) in [7, 11) is 0. The van der Waals surface area contributed by atoms with Crippen molar-refractivity contribution in [2.75, 3.05) is 6.54 Å². The third-order valence-corrected chi connectivity index (χ3v) is 1.87. The van der Waals surface area contributed by atoms with E-state index in [1.165, 1.54) is 0 Å². The van der Waals surface area contributed by atoms with Crippen LogP contribution in [-0.4, -0.2) is 12.7 Å². The Morgan fingerprint density at radius 3 is 2.50 bits per heavy atom. The molecule has 2 unspecified atom stereocenters. The number of hydrogen-bond donors (Lipinski definition) is 1. The Morgan fingerprint density at radius 1 is 1.50 bits per heavy atom. The number of hydrogen-bond acceptors (Lipinski definition) is 1. The maximum absolute atomic E-state index is 12.5. The van der Waals surface area contributed by atoms with Crippen molar-refractivity contribution in [3.05, 3.63) is 0 Å². The molecule has 1 saturated carbocycles. The SMILES string of the molecule is NCC1CCCC1F. The lowest BCUT2D eigenvalue weighted by atomic mass is 10.1. The first-order valence-electron chi connectivity index (χ1n) is 3.18. The Labute approximate surface area is 49.1 Å². The largest absolute Gasteiger partial charge is 0.330 e. The minimum Gasteiger partial charge on any atom is -0.330 e. The molecule has 1 fully saturated rings. The van der Waals surface area contributed by atoms with Crippen LogP contribution in [0.4, 0.5) is 4.39 Å². The van der Waals surface area contributed by atoms with E-state index in [1.54, 1.807) is 0 Å². The summed E-state index contributed by atoms with van der Waals surface area (Å²) < 4.78 is 12.5. The van der Waals surface area contributed by atoms with Crippen molar-refractivity contribution in [3.8, 4) is 0 Å². The molecular formula is C6H12FN. The van der Waals surface area contributed by atoms with Crippen molar-refractivity contribution in [2.45, 2.75) is 25.4 Å². The van der Waals surface area contributed by atoms with Crippen LogP contribution in [0.3, 0.4) is 0 Å². The summed E-state index contributed by atoms with van der Waals surface area (Å²) in [4.78, 5) is 0. The minimum atomic E-state index is -0.597. The molecule has 0 amide bonds. The van der Waals surface area contributed by atoms with Gasteiger partial charge in [0.25, 0.3) is 0 Å². The fourth-order valence-electron chi connectivity index (χ4n) is 1.26. The fraction of sp³-hybridized carbons (Fsp3) is 1.00. The Hall–Kier alpha value is -0.110. The molecule has 0 aromatic carbocycles. The zero-order valence-electron chi connectivity index (χ0n) is 4.94. The smallest absolute Gasteiger partial charge is 0.104 e. The van der Waals surface area contributed by atoms with E-state index in [4.69, 9.17) is 5.73 Å². The third-order valence-electron chi connectivity index (χ3n) is 1.87. The minimum absolute atomic E-state index is 0.176. The monoisotopic (exact) mass is 117 g/mol. The first-order chi connectivity index (χ1) is 3.84.